The zero-order valence-electron chi connectivity index (χ0n) is 25.4. The van der Waals surface area contributed by atoms with Gasteiger partial charge in [-0.05, 0) is 121 Å². The van der Waals surface area contributed by atoms with Gasteiger partial charge in [0.05, 0.1) is 12.2 Å². The molecule has 3 aliphatic carbocycles. The molecular formula is C37H47FNO2+. The van der Waals surface area contributed by atoms with Gasteiger partial charge in [0.2, 0.25) is 5.69 Å². The number of hydrogen-bond donors (Lipinski definition) is 1. The molecule has 1 saturated carbocycles. The van der Waals surface area contributed by atoms with E-state index in [-0.39, 0.29) is 6.61 Å². The van der Waals surface area contributed by atoms with Crippen LogP contribution >= 0.6 is 0 Å². The SMILES string of the molecule is C=CC1(F)CCC(CCC2C=C(c3ccc(CO)cc3)C3=C(C=C(c4c(C)o[n+](C)c4C)C=C(C)CC3)CC2)CC1. The molecule has 1 atom stereocenters. The zero-order chi connectivity index (χ0) is 29.1. The molecule has 3 nitrogen and oxygen atoms in total. The van der Waals surface area contributed by atoms with Crippen LogP contribution in [-0.4, -0.2) is 10.8 Å². The minimum Gasteiger partial charge on any atom is -0.392 e. The van der Waals surface area contributed by atoms with Crippen LogP contribution in [-0.2, 0) is 13.7 Å². The molecule has 5 rings (SSSR count). The Balaban J connectivity index is 1.49. The second kappa shape index (κ2) is 12.5. The second-order valence-electron chi connectivity index (χ2n) is 12.7. The van der Waals surface area contributed by atoms with E-state index in [2.05, 4.69) is 69.8 Å². The van der Waals surface area contributed by atoms with E-state index >= 15 is 0 Å². The summed E-state index contributed by atoms with van der Waals surface area (Å²) in [6, 6.07) is 8.46. The van der Waals surface area contributed by atoms with Crippen LogP contribution in [0.2, 0.25) is 0 Å². The smallest absolute Gasteiger partial charge is 0.236 e. The van der Waals surface area contributed by atoms with Crippen molar-refractivity contribution in [1.29, 1.82) is 0 Å². The van der Waals surface area contributed by atoms with E-state index in [1.165, 1.54) is 45.1 Å². The van der Waals surface area contributed by atoms with Gasteiger partial charge in [0.15, 0.2) is 12.8 Å². The van der Waals surface area contributed by atoms with E-state index in [0.717, 1.165) is 68.4 Å². The molecule has 4 heteroatoms. The molecule has 3 aliphatic rings. The molecule has 1 N–H and O–H groups in total. The Morgan fingerprint density at radius 2 is 1.76 bits per heavy atom. The minimum absolute atomic E-state index is 0.0558. The Morgan fingerprint density at radius 1 is 1.02 bits per heavy atom. The van der Waals surface area contributed by atoms with Crippen molar-refractivity contribution >= 4 is 11.1 Å². The summed E-state index contributed by atoms with van der Waals surface area (Å²) in [7, 11) is 1.97. The number of nitrogens with zero attached hydrogens (tertiary/aromatic N) is 1. The number of halogens is 1. The third-order valence-corrected chi connectivity index (χ3v) is 9.84. The molecule has 1 heterocycles. The number of alkyl halides is 1. The van der Waals surface area contributed by atoms with E-state index in [4.69, 9.17) is 4.52 Å². The Morgan fingerprint density at radius 3 is 2.39 bits per heavy atom. The van der Waals surface area contributed by atoms with Crippen molar-refractivity contribution in [2.45, 2.75) is 97.3 Å². The van der Waals surface area contributed by atoms with Gasteiger partial charge in [0.25, 0.3) is 0 Å². The average Bonchev–Trinajstić information content (AvgIpc) is 3.11. The Kier molecular flexibility index (Phi) is 8.99. The molecule has 218 valence electrons. The minimum atomic E-state index is -1.16. The maximum absolute atomic E-state index is 14.7. The zero-order valence-corrected chi connectivity index (χ0v) is 25.4. The predicted octanol–water partition coefficient (Wildman–Crippen LogP) is 8.99. The summed E-state index contributed by atoms with van der Waals surface area (Å²) in [6.07, 6.45) is 18.5. The third kappa shape index (κ3) is 6.59. The van der Waals surface area contributed by atoms with Gasteiger partial charge in [-0.15, -0.1) is 0 Å². The number of hydrogen-bond acceptors (Lipinski definition) is 2. The van der Waals surface area contributed by atoms with Crippen molar-refractivity contribution in [2.75, 3.05) is 0 Å². The highest BCUT2D eigenvalue weighted by Crippen LogP contribution is 2.43. The van der Waals surface area contributed by atoms with Crippen LogP contribution in [0.15, 0.2) is 76.4 Å². The molecule has 1 fully saturated rings. The van der Waals surface area contributed by atoms with Crippen LogP contribution in [0.1, 0.15) is 99.3 Å². The summed E-state index contributed by atoms with van der Waals surface area (Å²) in [6.45, 7) is 10.2. The fourth-order valence-electron chi connectivity index (χ4n) is 7.10. The van der Waals surface area contributed by atoms with E-state index in [0.29, 0.717) is 24.7 Å². The van der Waals surface area contributed by atoms with Gasteiger partial charge in [-0.2, -0.15) is 0 Å². The van der Waals surface area contributed by atoms with Crippen LogP contribution in [0.3, 0.4) is 0 Å². The van der Waals surface area contributed by atoms with Crippen LogP contribution in [0.4, 0.5) is 4.39 Å². The number of aliphatic hydroxyl groups excluding tert-OH is 1. The Hall–Kier alpha value is -2.98. The first-order valence-electron chi connectivity index (χ1n) is 15.5. The fourth-order valence-corrected chi connectivity index (χ4v) is 7.10. The number of aryl methyl sites for hydroxylation is 2. The van der Waals surface area contributed by atoms with Gasteiger partial charge in [-0.25, -0.2) is 8.91 Å². The number of aliphatic hydroxyl groups is 1. The van der Waals surface area contributed by atoms with Gasteiger partial charge < -0.3 is 5.11 Å². The summed E-state index contributed by atoms with van der Waals surface area (Å²) in [5, 5.41) is 9.66. The van der Waals surface area contributed by atoms with E-state index in [9.17, 15) is 9.50 Å². The van der Waals surface area contributed by atoms with Gasteiger partial charge >= 0.3 is 0 Å². The molecular weight excluding hydrogens is 509 g/mol. The molecule has 0 spiro atoms. The van der Waals surface area contributed by atoms with Gasteiger partial charge in [-0.1, -0.05) is 60.7 Å². The van der Waals surface area contributed by atoms with Crippen LogP contribution in [0.25, 0.3) is 11.1 Å². The molecule has 1 unspecified atom stereocenters. The number of benzene rings is 1. The quantitative estimate of drug-likeness (QED) is 0.273. The Labute approximate surface area is 245 Å². The first-order chi connectivity index (χ1) is 19.7. The van der Waals surface area contributed by atoms with Crippen molar-refractivity contribution < 1.29 is 18.8 Å². The highest BCUT2D eigenvalue weighted by Gasteiger charge is 2.33. The lowest BCUT2D eigenvalue weighted by molar-refractivity contribution is -0.850. The number of aromatic nitrogens is 1. The number of rotatable bonds is 7. The van der Waals surface area contributed by atoms with Gasteiger partial charge in [0.1, 0.15) is 5.67 Å². The normalized spacial score (nSPS) is 25.4. The van der Waals surface area contributed by atoms with Crippen LogP contribution in [0, 0.1) is 25.7 Å². The monoisotopic (exact) mass is 556 g/mol. The van der Waals surface area contributed by atoms with Crippen LogP contribution in [0.5, 0.6) is 0 Å². The lowest BCUT2D eigenvalue weighted by Crippen LogP contribution is -2.28. The van der Waals surface area contributed by atoms with Crippen molar-refractivity contribution in [3.05, 3.63) is 100 Å². The van der Waals surface area contributed by atoms with Gasteiger partial charge in [-0.3, -0.25) is 0 Å². The summed E-state index contributed by atoms with van der Waals surface area (Å²) in [5.74, 6) is 2.03. The molecule has 0 saturated heterocycles. The molecule has 41 heavy (non-hydrogen) atoms. The molecule has 0 radical (unpaired) electrons. The fraction of sp³-hybridized carbons (Fsp3) is 0.486. The van der Waals surface area contributed by atoms with E-state index in [1.54, 1.807) is 0 Å². The second-order valence-corrected chi connectivity index (χ2v) is 12.7. The first kappa shape index (κ1) is 29.5. The molecule has 0 aliphatic heterocycles. The summed E-state index contributed by atoms with van der Waals surface area (Å²) in [5.41, 5.74) is 10.2. The number of allylic oxidation sites excluding steroid dienone is 9. The lowest BCUT2D eigenvalue weighted by Gasteiger charge is -2.32. The average molecular weight is 557 g/mol. The molecule has 0 bridgehead atoms. The highest BCUT2D eigenvalue weighted by molar-refractivity contribution is 5.85. The van der Waals surface area contributed by atoms with Crippen molar-refractivity contribution in [1.82, 2.24) is 0 Å². The maximum Gasteiger partial charge on any atom is 0.236 e. The molecule has 1 aromatic carbocycles. The summed E-state index contributed by atoms with van der Waals surface area (Å²) < 4.78 is 22.6. The predicted molar refractivity (Wildman–Crippen MR) is 166 cm³/mol. The van der Waals surface area contributed by atoms with E-state index < -0.39 is 5.67 Å². The third-order valence-electron chi connectivity index (χ3n) is 9.84. The highest BCUT2D eigenvalue weighted by atomic mass is 19.1. The standard InChI is InChI=1S/C37H47FNO2/c1-6-37(38)19-17-28(18-20-37)8-9-29-10-15-32-23-33(36-26(3)39(5)41-27(36)4)21-25(2)7-16-34(32)35(22-29)31-13-11-30(24-40)12-14-31/h6,11-14,21-23,28-29,40H,1,7-10,15-20,24H2,2-5H3/q+1. The van der Waals surface area contributed by atoms with Crippen molar-refractivity contribution in [3.63, 3.8) is 0 Å². The first-order valence-corrected chi connectivity index (χ1v) is 15.5. The van der Waals surface area contributed by atoms with Crippen molar-refractivity contribution in [3.8, 4) is 0 Å². The molecule has 1 aromatic heterocycles. The topological polar surface area (TPSA) is 37.3 Å². The Bertz CT molecular complexity index is 1390. The van der Waals surface area contributed by atoms with E-state index in [1.807, 2.05) is 11.8 Å². The van der Waals surface area contributed by atoms with Gasteiger partial charge in [0, 0.05) is 13.8 Å². The maximum atomic E-state index is 14.7. The van der Waals surface area contributed by atoms with Crippen molar-refractivity contribution in [2.24, 2.45) is 18.9 Å². The largest absolute Gasteiger partial charge is 0.392 e. The molecule has 2 aromatic rings. The lowest BCUT2D eigenvalue weighted by atomic mass is 9.77. The summed E-state index contributed by atoms with van der Waals surface area (Å²) >= 11 is 0. The summed E-state index contributed by atoms with van der Waals surface area (Å²) in [4.78, 5) is 0. The van der Waals surface area contributed by atoms with Crippen LogP contribution < -0.4 is 4.74 Å². The molecule has 0 amide bonds.